The first-order valence-electron chi connectivity index (χ1n) is 11.2. The number of hydrogen-bond donors (Lipinski definition) is 1. The second-order valence-electron chi connectivity index (χ2n) is 8.82. The maximum Gasteiger partial charge on any atom is 0.317 e. The zero-order valence-corrected chi connectivity index (χ0v) is 18.2. The van der Waals surface area contributed by atoms with Crippen LogP contribution in [0.5, 0.6) is 0 Å². The molecule has 6 heteroatoms. The Balaban J connectivity index is 1.36. The van der Waals surface area contributed by atoms with Crippen LogP contribution in [0.2, 0.25) is 0 Å². The molecule has 2 heterocycles. The molecule has 2 aliphatic heterocycles. The normalized spacial score (nSPS) is 21.6. The molecule has 1 N–H and O–H groups in total. The lowest BCUT2D eigenvalue weighted by Crippen LogP contribution is -2.57. The average molecular weight is 426 g/mol. The van der Waals surface area contributed by atoms with Crippen LogP contribution in [-0.2, 0) is 16.7 Å². The lowest BCUT2D eigenvalue weighted by molar-refractivity contribution is 0.0486. The van der Waals surface area contributed by atoms with Crippen molar-refractivity contribution in [2.24, 2.45) is 0 Å². The Kier molecular flexibility index (Phi) is 6.88. The van der Waals surface area contributed by atoms with E-state index in [0.717, 1.165) is 38.0 Å². The Morgan fingerprint density at radius 2 is 1.90 bits per heavy atom. The number of benzene rings is 2. The van der Waals surface area contributed by atoms with Gasteiger partial charge in [0.1, 0.15) is 5.82 Å². The number of nitrogens with zero attached hydrogens (tertiary/aromatic N) is 2. The van der Waals surface area contributed by atoms with Gasteiger partial charge in [0.25, 0.3) is 0 Å². The number of nitrogens with one attached hydrogen (secondary N) is 1. The fourth-order valence-corrected chi connectivity index (χ4v) is 4.81. The summed E-state index contributed by atoms with van der Waals surface area (Å²) in [6.45, 7) is 7.17. The van der Waals surface area contributed by atoms with E-state index >= 15 is 0 Å². The molecular weight excluding hydrogens is 393 g/mol. The summed E-state index contributed by atoms with van der Waals surface area (Å²) in [4.78, 5) is 17.4. The van der Waals surface area contributed by atoms with Gasteiger partial charge in [0, 0.05) is 57.4 Å². The molecule has 2 aliphatic rings. The number of ether oxygens (including phenoxy) is 1. The summed E-state index contributed by atoms with van der Waals surface area (Å²) in [6.07, 6.45) is 1.55. The molecule has 0 spiro atoms. The molecule has 5 nitrogen and oxygen atoms in total. The zero-order chi connectivity index (χ0) is 21.7. The summed E-state index contributed by atoms with van der Waals surface area (Å²) >= 11 is 0. The number of piperazine rings is 1. The van der Waals surface area contributed by atoms with Crippen molar-refractivity contribution in [3.63, 3.8) is 0 Å². The van der Waals surface area contributed by atoms with Gasteiger partial charge in [0.05, 0.1) is 0 Å². The predicted octanol–water partition coefficient (Wildman–Crippen LogP) is 3.79. The molecular formula is C25H32FN3O2. The summed E-state index contributed by atoms with van der Waals surface area (Å²) in [5.74, 6) is -0.238. The van der Waals surface area contributed by atoms with Crippen molar-refractivity contribution in [1.82, 2.24) is 15.1 Å². The van der Waals surface area contributed by atoms with Crippen LogP contribution in [-0.4, -0.2) is 61.3 Å². The first-order chi connectivity index (χ1) is 15.1. The van der Waals surface area contributed by atoms with Gasteiger partial charge >= 0.3 is 6.03 Å². The summed E-state index contributed by atoms with van der Waals surface area (Å²) in [5.41, 5.74) is 1.95. The third-order valence-corrected chi connectivity index (χ3v) is 6.69. The lowest BCUT2D eigenvalue weighted by Gasteiger charge is -2.42. The van der Waals surface area contributed by atoms with Crippen LogP contribution in [0.1, 0.15) is 30.9 Å². The number of rotatable bonds is 5. The van der Waals surface area contributed by atoms with Crippen LogP contribution in [0.4, 0.5) is 9.18 Å². The van der Waals surface area contributed by atoms with E-state index in [2.05, 4.69) is 41.4 Å². The maximum absolute atomic E-state index is 13.9. The predicted molar refractivity (Wildman–Crippen MR) is 119 cm³/mol. The van der Waals surface area contributed by atoms with E-state index in [-0.39, 0.29) is 23.3 Å². The molecule has 0 bridgehead atoms. The second kappa shape index (κ2) is 9.79. The smallest absolute Gasteiger partial charge is 0.317 e. The summed E-state index contributed by atoms with van der Waals surface area (Å²) < 4.78 is 19.4. The standard InChI is InChI=1S/C25H32FN3O2/c1-20-17-28(18-21-6-3-2-4-7-21)12-13-29(20)24(30)27-19-25(10-14-31-15-11-25)22-8-5-9-23(26)16-22/h2-9,16,20H,10-15,17-19H2,1H3,(H,27,30)/t20-/m1/s1. The van der Waals surface area contributed by atoms with Gasteiger partial charge in [-0.2, -0.15) is 0 Å². The highest BCUT2D eigenvalue weighted by Gasteiger charge is 2.36. The summed E-state index contributed by atoms with van der Waals surface area (Å²) in [6, 6.07) is 17.3. The van der Waals surface area contributed by atoms with Crippen LogP contribution in [0.25, 0.3) is 0 Å². The number of urea groups is 1. The third-order valence-electron chi connectivity index (χ3n) is 6.69. The monoisotopic (exact) mass is 425 g/mol. The molecule has 0 saturated carbocycles. The first kappa shape index (κ1) is 21.8. The van der Waals surface area contributed by atoms with Crippen LogP contribution in [0.3, 0.4) is 0 Å². The molecule has 0 aliphatic carbocycles. The van der Waals surface area contributed by atoms with E-state index in [9.17, 15) is 9.18 Å². The highest BCUT2D eigenvalue weighted by molar-refractivity contribution is 5.74. The van der Waals surface area contributed by atoms with Gasteiger partial charge in [0.2, 0.25) is 0 Å². The fraction of sp³-hybridized carbons (Fsp3) is 0.480. The molecule has 2 saturated heterocycles. The van der Waals surface area contributed by atoms with Gasteiger partial charge in [0.15, 0.2) is 0 Å². The van der Waals surface area contributed by atoms with Crippen LogP contribution in [0.15, 0.2) is 54.6 Å². The van der Waals surface area contributed by atoms with Gasteiger partial charge in [-0.3, -0.25) is 4.90 Å². The highest BCUT2D eigenvalue weighted by Crippen LogP contribution is 2.34. The molecule has 4 rings (SSSR count). The van der Waals surface area contributed by atoms with E-state index in [4.69, 9.17) is 4.74 Å². The van der Waals surface area contributed by atoms with E-state index in [1.165, 1.54) is 11.6 Å². The topological polar surface area (TPSA) is 44.8 Å². The summed E-state index contributed by atoms with van der Waals surface area (Å²) in [5, 5.41) is 3.17. The Bertz CT molecular complexity index is 870. The molecule has 0 unspecified atom stereocenters. The maximum atomic E-state index is 13.9. The van der Waals surface area contributed by atoms with Gasteiger partial charge in [-0.1, -0.05) is 42.5 Å². The average Bonchev–Trinajstić information content (AvgIpc) is 2.79. The Morgan fingerprint density at radius 1 is 1.13 bits per heavy atom. The minimum Gasteiger partial charge on any atom is -0.381 e. The molecule has 31 heavy (non-hydrogen) atoms. The van der Waals surface area contributed by atoms with Crippen molar-refractivity contribution >= 4 is 6.03 Å². The number of carbonyl (C=O) groups excluding carboxylic acids is 1. The van der Waals surface area contributed by atoms with Crippen LogP contribution >= 0.6 is 0 Å². The SMILES string of the molecule is C[C@@H]1CN(Cc2ccccc2)CCN1C(=O)NCC1(c2cccc(F)c2)CCOCC1. The van der Waals surface area contributed by atoms with Crippen LogP contribution < -0.4 is 5.32 Å². The zero-order valence-electron chi connectivity index (χ0n) is 18.2. The van der Waals surface area contributed by atoms with Crippen molar-refractivity contribution in [3.05, 3.63) is 71.5 Å². The quantitative estimate of drug-likeness (QED) is 0.793. The number of amides is 2. The first-order valence-corrected chi connectivity index (χ1v) is 11.2. The fourth-order valence-electron chi connectivity index (χ4n) is 4.81. The lowest BCUT2D eigenvalue weighted by atomic mass is 9.74. The van der Waals surface area contributed by atoms with Crippen molar-refractivity contribution in [2.75, 3.05) is 39.4 Å². The molecule has 2 fully saturated rings. The second-order valence-corrected chi connectivity index (χ2v) is 8.82. The largest absolute Gasteiger partial charge is 0.381 e. The Hall–Kier alpha value is -2.44. The van der Waals surface area contributed by atoms with E-state index in [1.54, 1.807) is 12.1 Å². The van der Waals surface area contributed by atoms with Crippen molar-refractivity contribution in [3.8, 4) is 0 Å². The Morgan fingerprint density at radius 3 is 2.61 bits per heavy atom. The molecule has 2 aromatic rings. The molecule has 1 atom stereocenters. The number of carbonyl (C=O) groups is 1. The van der Waals surface area contributed by atoms with Crippen molar-refractivity contribution in [1.29, 1.82) is 0 Å². The number of halogens is 1. The van der Waals surface area contributed by atoms with Gasteiger partial charge in [-0.05, 0) is 43.0 Å². The Labute approximate surface area is 184 Å². The molecule has 0 aromatic heterocycles. The molecule has 0 radical (unpaired) electrons. The van der Waals surface area contributed by atoms with Crippen molar-refractivity contribution in [2.45, 2.75) is 37.8 Å². The van der Waals surface area contributed by atoms with E-state index in [1.807, 2.05) is 17.0 Å². The minimum atomic E-state index is -0.283. The van der Waals surface area contributed by atoms with E-state index in [0.29, 0.717) is 26.3 Å². The number of hydrogen-bond acceptors (Lipinski definition) is 3. The van der Waals surface area contributed by atoms with Crippen LogP contribution in [0, 0.1) is 5.82 Å². The summed E-state index contributed by atoms with van der Waals surface area (Å²) in [7, 11) is 0. The van der Waals surface area contributed by atoms with Gasteiger partial charge in [-0.25, -0.2) is 9.18 Å². The molecule has 2 amide bonds. The van der Waals surface area contributed by atoms with Gasteiger partial charge < -0.3 is 15.0 Å². The third kappa shape index (κ3) is 5.25. The van der Waals surface area contributed by atoms with Gasteiger partial charge in [-0.15, -0.1) is 0 Å². The molecule has 2 aromatic carbocycles. The highest BCUT2D eigenvalue weighted by atomic mass is 19.1. The molecule has 166 valence electrons. The van der Waals surface area contributed by atoms with E-state index < -0.39 is 0 Å². The van der Waals surface area contributed by atoms with Crippen molar-refractivity contribution < 1.29 is 13.9 Å². The minimum absolute atomic E-state index is 0.0332.